The number of halogens is 2. The van der Waals surface area contributed by atoms with Crippen LogP contribution < -0.4 is 5.06 Å². The van der Waals surface area contributed by atoms with Gasteiger partial charge >= 0.3 is 0 Å². The molecule has 0 aromatic heterocycles. The van der Waals surface area contributed by atoms with E-state index < -0.39 is 11.5 Å². The van der Waals surface area contributed by atoms with E-state index in [4.69, 9.17) is 23.2 Å². The third-order valence-corrected chi connectivity index (χ3v) is 3.59. The van der Waals surface area contributed by atoms with Crippen LogP contribution in [0.15, 0.2) is 48.5 Å². The zero-order valence-electron chi connectivity index (χ0n) is 11.1. The van der Waals surface area contributed by atoms with Gasteiger partial charge in [0.25, 0.3) is 5.91 Å². The van der Waals surface area contributed by atoms with Gasteiger partial charge < -0.3 is 5.11 Å². The first-order valence-corrected chi connectivity index (χ1v) is 6.85. The summed E-state index contributed by atoms with van der Waals surface area (Å²) in [4.78, 5) is 12.3. The second-order valence-corrected chi connectivity index (χ2v) is 5.55. The van der Waals surface area contributed by atoms with Gasteiger partial charge in [0.15, 0.2) is 5.60 Å². The highest BCUT2D eigenvalue weighted by Crippen LogP contribution is 2.27. The largest absolute Gasteiger partial charge is 0.375 e. The second kappa shape index (κ2) is 6.03. The number of anilines is 1. The number of benzene rings is 2. The van der Waals surface area contributed by atoms with Crippen molar-refractivity contribution in [3.63, 3.8) is 0 Å². The molecule has 2 aromatic rings. The van der Waals surface area contributed by atoms with E-state index in [1.54, 1.807) is 12.1 Å². The van der Waals surface area contributed by atoms with Gasteiger partial charge in [-0.1, -0.05) is 35.3 Å². The lowest BCUT2D eigenvalue weighted by atomic mass is 9.95. The molecule has 2 N–H and O–H groups in total. The number of hydrogen-bond donors (Lipinski definition) is 2. The lowest BCUT2D eigenvalue weighted by Crippen LogP contribution is -2.43. The predicted octanol–water partition coefficient (Wildman–Crippen LogP) is 3.62. The second-order valence-electron chi connectivity index (χ2n) is 4.67. The normalized spacial score (nSPS) is 13.6. The zero-order valence-corrected chi connectivity index (χ0v) is 12.6. The van der Waals surface area contributed by atoms with Crippen LogP contribution in [0, 0.1) is 0 Å². The molecule has 0 unspecified atom stereocenters. The molecule has 2 rings (SSSR count). The summed E-state index contributed by atoms with van der Waals surface area (Å²) in [5.41, 5.74) is -1.36. The van der Waals surface area contributed by atoms with Gasteiger partial charge in [-0.2, -0.15) is 5.06 Å². The molecule has 2 aromatic carbocycles. The summed E-state index contributed by atoms with van der Waals surface area (Å²) in [6, 6.07) is 12.2. The highest BCUT2D eigenvalue weighted by molar-refractivity contribution is 6.30. The molecule has 0 bridgehead atoms. The van der Waals surface area contributed by atoms with Crippen molar-refractivity contribution in [3.8, 4) is 0 Å². The predicted molar refractivity (Wildman–Crippen MR) is 81.7 cm³/mol. The Labute approximate surface area is 132 Å². The Morgan fingerprint density at radius 2 is 1.43 bits per heavy atom. The molecule has 0 heterocycles. The van der Waals surface area contributed by atoms with Gasteiger partial charge in [0.2, 0.25) is 0 Å². The van der Waals surface area contributed by atoms with Crippen LogP contribution in [0.4, 0.5) is 5.69 Å². The lowest BCUT2D eigenvalue weighted by molar-refractivity contribution is -0.141. The highest BCUT2D eigenvalue weighted by Gasteiger charge is 2.36. The molecule has 0 fully saturated rings. The van der Waals surface area contributed by atoms with E-state index >= 15 is 0 Å². The first-order chi connectivity index (χ1) is 9.82. The molecular weight excluding hydrogens is 313 g/mol. The van der Waals surface area contributed by atoms with E-state index in [0.717, 1.165) is 0 Å². The van der Waals surface area contributed by atoms with Crippen molar-refractivity contribution in [2.75, 3.05) is 5.06 Å². The monoisotopic (exact) mass is 325 g/mol. The van der Waals surface area contributed by atoms with Crippen LogP contribution in [-0.2, 0) is 10.4 Å². The van der Waals surface area contributed by atoms with Gasteiger partial charge in [-0.3, -0.25) is 10.0 Å². The number of hydroxylamine groups is 1. The first-order valence-electron chi connectivity index (χ1n) is 6.10. The van der Waals surface area contributed by atoms with Gasteiger partial charge in [-0.05, 0) is 48.9 Å². The topological polar surface area (TPSA) is 60.8 Å². The molecule has 0 saturated carbocycles. The summed E-state index contributed by atoms with van der Waals surface area (Å²) < 4.78 is 0. The molecule has 4 nitrogen and oxygen atoms in total. The van der Waals surface area contributed by atoms with Crippen LogP contribution in [0.25, 0.3) is 0 Å². The molecular formula is C15H13Cl2NO3. The maximum atomic E-state index is 12.3. The van der Waals surface area contributed by atoms with Crippen molar-refractivity contribution in [1.82, 2.24) is 0 Å². The standard InChI is InChI=1S/C15H13Cl2NO3/c1-15(20,10-2-4-11(16)5-3-10)14(19)18(21)13-8-6-12(17)7-9-13/h2-9,20-21H,1H3/t15-/m0/s1. The average molecular weight is 326 g/mol. The van der Waals surface area contributed by atoms with Crippen molar-refractivity contribution in [3.05, 3.63) is 64.1 Å². The summed E-state index contributed by atoms with van der Waals surface area (Å²) >= 11 is 11.5. The van der Waals surface area contributed by atoms with Crippen molar-refractivity contribution in [2.24, 2.45) is 0 Å². The molecule has 6 heteroatoms. The van der Waals surface area contributed by atoms with Gasteiger partial charge in [0.1, 0.15) is 0 Å². The van der Waals surface area contributed by atoms with Gasteiger partial charge in [-0.25, -0.2) is 0 Å². The maximum Gasteiger partial charge on any atom is 0.286 e. The van der Waals surface area contributed by atoms with Crippen LogP contribution in [0.5, 0.6) is 0 Å². The number of nitrogens with zero attached hydrogens (tertiary/aromatic N) is 1. The van der Waals surface area contributed by atoms with Gasteiger partial charge in [0, 0.05) is 10.0 Å². The summed E-state index contributed by atoms with van der Waals surface area (Å²) in [7, 11) is 0. The number of carbonyl (C=O) groups is 1. The first kappa shape index (κ1) is 15.8. The minimum atomic E-state index is -1.89. The van der Waals surface area contributed by atoms with E-state index in [-0.39, 0.29) is 5.69 Å². The number of rotatable bonds is 3. The third kappa shape index (κ3) is 3.36. The summed E-state index contributed by atoms with van der Waals surface area (Å²) in [6.45, 7) is 1.30. The van der Waals surface area contributed by atoms with E-state index in [1.165, 1.54) is 43.3 Å². The Bertz CT molecular complexity index is 639. The van der Waals surface area contributed by atoms with Gasteiger partial charge in [0.05, 0.1) is 5.69 Å². The number of aliphatic hydroxyl groups is 1. The average Bonchev–Trinajstić information content (AvgIpc) is 2.47. The smallest absolute Gasteiger partial charge is 0.286 e. The maximum absolute atomic E-state index is 12.3. The van der Waals surface area contributed by atoms with Crippen LogP contribution in [-0.4, -0.2) is 16.2 Å². The molecule has 1 amide bonds. The third-order valence-electron chi connectivity index (χ3n) is 3.09. The number of amides is 1. The Balaban J connectivity index is 2.28. The van der Waals surface area contributed by atoms with Crippen LogP contribution >= 0.6 is 23.2 Å². The summed E-state index contributed by atoms with van der Waals surface area (Å²) in [6.07, 6.45) is 0. The Kier molecular flexibility index (Phi) is 4.54. The molecule has 0 aliphatic heterocycles. The highest BCUT2D eigenvalue weighted by atomic mass is 35.5. The molecule has 1 atom stereocenters. The zero-order chi connectivity index (χ0) is 15.6. The molecule has 0 radical (unpaired) electrons. The molecule has 0 saturated heterocycles. The van der Waals surface area contributed by atoms with E-state index in [9.17, 15) is 15.1 Å². The fourth-order valence-electron chi connectivity index (χ4n) is 1.80. The fourth-order valence-corrected chi connectivity index (χ4v) is 2.06. The molecule has 0 aliphatic rings. The van der Waals surface area contributed by atoms with Crippen molar-refractivity contribution in [1.29, 1.82) is 0 Å². The van der Waals surface area contributed by atoms with Gasteiger partial charge in [-0.15, -0.1) is 0 Å². The van der Waals surface area contributed by atoms with E-state index in [1.807, 2.05) is 0 Å². The minimum absolute atomic E-state index is 0.207. The van der Waals surface area contributed by atoms with Crippen LogP contribution in [0.3, 0.4) is 0 Å². The van der Waals surface area contributed by atoms with E-state index in [2.05, 4.69) is 0 Å². The number of hydrogen-bond acceptors (Lipinski definition) is 3. The Morgan fingerprint density at radius 1 is 1.00 bits per heavy atom. The quantitative estimate of drug-likeness (QED) is 0.669. The fraction of sp³-hybridized carbons (Fsp3) is 0.133. The molecule has 110 valence electrons. The SMILES string of the molecule is C[C@@](O)(C(=O)N(O)c1ccc(Cl)cc1)c1ccc(Cl)cc1. The number of carbonyl (C=O) groups excluding carboxylic acids is 1. The Hall–Kier alpha value is -1.59. The molecule has 0 spiro atoms. The van der Waals surface area contributed by atoms with Crippen molar-refractivity contribution in [2.45, 2.75) is 12.5 Å². The van der Waals surface area contributed by atoms with Crippen LogP contribution in [0.2, 0.25) is 10.0 Å². The lowest BCUT2D eigenvalue weighted by Gasteiger charge is -2.27. The van der Waals surface area contributed by atoms with Crippen LogP contribution in [0.1, 0.15) is 12.5 Å². The summed E-state index contributed by atoms with van der Waals surface area (Å²) in [5, 5.41) is 21.8. The van der Waals surface area contributed by atoms with Crippen molar-refractivity contribution >= 4 is 34.8 Å². The molecule has 21 heavy (non-hydrogen) atoms. The minimum Gasteiger partial charge on any atom is -0.375 e. The van der Waals surface area contributed by atoms with E-state index in [0.29, 0.717) is 20.7 Å². The Morgan fingerprint density at radius 3 is 1.90 bits per heavy atom. The van der Waals surface area contributed by atoms with Crippen molar-refractivity contribution < 1.29 is 15.1 Å². The summed E-state index contributed by atoms with van der Waals surface area (Å²) in [5.74, 6) is -0.882. The molecule has 0 aliphatic carbocycles.